The van der Waals surface area contributed by atoms with E-state index in [1.54, 1.807) is 18.6 Å². The van der Waals surface area contributed by atoms with Crippen LogP contribution in [0.25, 0.3) is 0 Å². The zero-order valence-electron chi connectivity index (χ0n) is 16.3. The molecule has 152 valence electrons. The highest BCUT2D eigenvalue weighted by Crippen LogP contribution is 2.42. The predicted octanol–water partition coefficient (Wildman–Crippen LogP) is 4.35. The molecule has 1 amide bonds. The summed E-state index contributed by atoms with van der Waals surface area (Å²) < 4.78 is 0. The molecule has 2 N–H and O–H groups in total. The third-order valence-corrected chi connectivity index (χ3v) is 6.03. The standard InChI is InChI=1S/C22H21ClN6O/c23-16-6-4-15(5-7-16)22(8-1-9-22)29-21(30)19-20(27-17-10-24-13-25-11-17)26-12-18(28-19)14-2-3-14/h4-7,10-14H,1-3,8-9H2,(H,26,27)(H,29,30). The van der Waals surface area contributed by atoms with E-state index in [2.05, 4.69) is 30.6 Å². The van der Waals surface area contributed by atoms with Gasteiger partial charge in [0.2, 0.25) is 0 Å². The summed E-state index contributed by atoms with van der Waals surface area (Å²) in [7, 11) is 0. The first kappa shape index (κ1) is 18.9. The highest BCUT2D eigenvalue weighted by Gasteiger charge is 2.41. The average Bonchev–Trinajstić information content (AvgIpc) is 3.58. The van der Waals surface area contributed by atoms with Crippen LogP contribution in [0.5, 0.6) is 0 Å². The molecule has 2 heterocycles. The molecule has 0 aliphatic heterocycles. The van der Waals surface area contributed by atoms with Crippen LogP contribution in [-0.4, -0.2) is 25.8 Å². The monoisotopic (exact) mass is 420 g/mol. The van der Waals surface area contributed by atoms with Crippen molar-refractivity contribution in [1.29, 1.82) is 0 Å². The van der Waals surface area contributed by atoms with Gasteiger partial charge in [-0.05, 0) is 49.8 Å². The molecule has 0 spiro atoms. The van der Waals surface area contributed by atoms with Crippen LogP contribution in [0.4, 0.5) is 11.5 Å². The van der Waals surface area contributed by atoms with Gasteiger partial charge in [-0.25, -0.2) is 19.9 Å². The molecule has 2 saturated carbocycles. The lowest BCUT2D eigenvalue weighted by molar-refractivity contribution is 0.0818. The van der Waals surface area contributed by atoms with E-state index in [9.17, 15) is 4.79 Å². The van der Waals surface area contributed by atoms with Crippen LogP contribution < -0.4 is 10.6 Å². The summed E-state index contributed by atoms with van der Waals surface area (Å²) in [5, 5.41) is 7.05. The van der Waals surface area contributed by atoms with Crippen LogP contribution in [-0.2, 0) is 5.54 Å². The smallest absolute Gasteiger partial charge is 0.274 e. The Morgan fingerprint density at radius 3 is 2.43 bits per heavy atom. The summed E-state index contributed by atoms with van der Waals surface area (Å²) in [6.45, 7) is 0. The molecule has 3 aromatic rings. The van der Waals surface area contributed by atoms with Crippen molar-refractivity contribution >= 4 is 29.0 Å². The maximum atomic E-state index is 13.4. The van der Waals surface area contributed by atoms with E-state index in [-0.39, 0.29) is 5.91 Å². The summed E-state index contributed by atoms with van der Waals surface area (Å²) in [6, 6.07) is 7.68. The zero-order chi connectivity index (χ0) is 20.6. The van der Waals surface area contributed by atoms with Gasteiger partial charge in [-0.1, -0.05) is 23.7 Å². The van der Waals surface area contributed by atoms with Crippen molar-refractivity contribution < 1.29 is 4.79 Å². The fraction of sp³-hybridized carbons (Fsp3) is 0.318. The van der Waals surface area contributed by atoms with Crippen LogP contribution in [0.3, 0.4) is 0 Å². The predicted molar refractivity (Wildman–Crippen MR) is 114 cm³/mol. The van der Waals surface area contributed by atoms with Gasteiger partial charge in [-0.15, -0.1) is 0 Å². The molecule has 0 saturated heterocycles. The number of carbonyl (C=O) groups excluding carboxylic acids is 1. The molecule has 30 heavy (non-hydrogen) atoms. The van der Waals surface area contributed by atoms with Gasteiger partial charge in [-0.2, -0.15) is 0 Å². The lowest BCUT2D eigenvalue weighted by Gasteiger charge is -2.43. The second-order valence-corrected chi connectivity index (χ2v) is 8.35. The van der Waals surface area contributed by atoms with E-state index >= 15 is 0 Å². The van der Waals surface area contributed by atoms with Crippen molar-refractivity contribution in [2.75, 3.05) is 5.32 Å². The number of aromatic nitrogens is 4. The number of benzene rings is 1. The molecule has 0 bridgehead atoms. The summed E-state index contributed by atoms with van der Waals surface area (Å²) in [5.74, 6) is 0.559. The number of hydrogen-bond acceptors (Lipinski definition) is 6. The Morgan fingerprint density at radius 2 is 1.80 bits per heavy atom. The topological polar surface area (TPSA) is 92.7 Å². The number of hydrogen-bond donors (Lipinski definition) is 2. The van der Waals surface area contributed by atoms with Gasteiger partial charge in [0.05, 0.1) is 35.5 Å². The van der Waals surface area contributed by atoms with Crippen LogP contribution >= 0.6 is 11.6 Å². The van der Waals surface area contributed by atoms with Crippen molar-refractivity contribution in [2.24, 2.45) is 0 Å². The van der Waals surface area contributed by atoms with Crippen LogP contribution in [0, 0.1) is 0 Å². The van der Waals surface area contributed by atoms with Crippen molar-refractivity contribution in [1.82, 2.24) is 25.3 Å². The second kappa shape index (κ2) is 7.65. The molecule has 2 aromatic heterocycles. The molecule has 2 aliphatic carbocycles. The molecule has 2 fully saturated rings. The Balaban J connectivity index is 1.46. The Bertz CT molecular complexity index is 1060. The minimum absolute atomic E-state index is 0.237. The van der Waals surface area contributed by atoms with Gasteiger partial charge in [0.1, 0.15) is 6.33 Å². The van der Waals surface area contributed by atoms with Crippen molar-refractivity contribution in [3.63, 3.8) is 0 Å². The number of rotatable bonds is 6. The summed E-state index contributed by atoms with van der Waals surface area (Å²) in [4.78, 5) is 30.6. The highest BCUT2D eigenvalue weighted by atomic mass is 35.5. The fourth-order valence-electron chi connectivity index (χ4n) is 3.79. The Hall–Kier alpha value is -3.06. The van der Waals surface area contributed by atoms with Gasteiger partial charge >= 0.3 is 0 Å². The Labute approximate surface area is 179 Å². The molecule has 5 rings (SSSR count). The van der Waals surface area contributed by atoms with E-state index in [4.69, 9.17) is 11.6 Å². The fourth-order valence-corrected chi connectivity index (χ4v) is 3.92. The minimum Gasteiger partial charge on any atom is -0.341 e. The zero-order valence-corrected chi connectivity index (χ0v) is 17.1. The second-order valence-electron chi connectivity index (χ2n) is 7.92. The van der Waals surface area contributed by atoms with Gasteiger partial charge in [0.15, 0.2) is 11.5 Å². The minimum atomic E-state index is -0.397. The summed E-state index contributed by atoms with van der Waals surface area (Å²) in [6.07, 6.45) is 11.5. The summed E-state index contributed by atoms with van der Waals surface area (Å²) >= 11 is 6.05. The molecule has 0 radical (unpaired) electrons. The molecule has 7 nitrogen and oxygen atoms in total. The molecule has 0 unspecified atom stereocenters. The van der Waals surface area contributed by atoms with Crippen LogP contribution in [0.1, 0.15) is 59.8 Å². The average molecular weight is 421 g/mol. The van der Waals surface area contributed by atoms with Crippen molar-refractivity contribution in [3.05, 3.63) is 71.2 Å². The lowest BCUT2D eigenvalue weighted by atomic mass is 9.71. The first-order chi connectivity index (χ1) is 14.6. The van der Waals surface area contributed by atoms with E-state index in [1.807, 2.05) is 24.3 Å². The first-order valence-corrected chi connectivity index (χ1v) is 10.5. The molecule has 1 aromatic carbocycles. The number of carbonyl (C=O) groups is 1. The number of nitrogens with zero attached hydrogens (tertiary/aromatic N) is 4. The molecule has 2 aliphatic rings. The normalized spacial score (nSPS) is 17.1. The van der Waals surface area contributed by atoms with Gasteiger partial charge in [0, 0.05) is 10.9 Å². The number of nitrogens with one attached hydrogen (secondary N) is 2. The Morgan fingerprint density at radius 1 is 1.07 bits per heavy atom. The van der Waals surface area contributed by atoms with E-state index < -0.39 is 5.54 Å². The van der Waals surface area contributed by atoms with Crippen molar-refractivity contribution in [2.45, 2.75) is 43.6 Å². The number of amides is 1. The van der Waals surface area contributed by atoms with E-state index in [0.717, 1.165) is 43.4 Å². The number of halogens is 1. The number of anilines is 2. The van der Waals surface area contributed by atoms with Gasteiger partial charge in [-0.3, -0.25) is 4.79 Å². The summed E-state index contributed by atoms with van der Waals surface area (Å²) in [5.41, 5.74) is 2.47. The molecule has 0 atom stereocenters. The maximum Gasteiger partial charge on any atom is 0.274 e. The van der Waals surface area contributed by atoms with E-state index in [1.165, 1.54) is 6.33 Å². The van der Waals surface area contributed by atoms with Crippen LogP contribution in [0.15, 0.2) is 49.2 Å². The van der Waals surface area contributed by atoms with Gasteiger partial charge < -0.3 is 10.6 Å². The highest BCUT2D eigenvalue weighted by molar-refractivity contribution is 6.30. The molecule has 8 heteroatoms. The largest absolute Gasteiger partial charge is 0.341 e. The maximum absolute atomic E-state index is 13.4. The SMILES string of the molecule is O=C(NC1(c2ccc(Cl)cc2)CCC1)c1nc(C2CC2)cnc1Nc1cncnc1. The molecular weight excluding hydrogens is 400 g/mol. The quantitative estimate of drug-likeness (QED) is 0.615. The first-order valence-electron chi connectivity index (χ1n) is 10.1. The van der Waals surface area contributed by atoms with Crippen LogP contribution in [0.2, 0.25) is 5.02 Å². The molecular formula is C22H21ClN6O. The Kier molecular flexibility index (Phi) is 4.83. The van der Waals surface area contributed by atoms with Gasteiger partial charge in [0.25, 0.3) is 5.91 Å². The van der Waals surface area contributed by atoms with Crippen molar-refractivity contribution in [3.8, 4) is 0 Å². The third-order valence-electron chi connectivity index (χ3n) is 5.78. The lowest BCUT2D eigenvalue weighted by Crippen LogP contribution is -2.51. The van der Waals surface area contributed by atoms with E-state index in [0.29, 0.717) is 28.1 Å². The third kappa shape index (κ3) is 3.73.